The third-order valence-electron chi connectivity index (χ3n) is 2.89. The second-order valence-electron chi connectivity index (χ2n) is 4.43. The Bertz CT molecular complexity index is 700. The lowest BCUT2D eigenvalue weighted by Crippen LogP contribution is -2.12. The number of nitro groups is 1. The maximum Gasteiger partial charge on any atom is 0.273 e. The molecule has 0 N–H and O–H groups in total. The highest BCUT2D eigenvalue weighted by Crippen LogP contribution is 2.24. The summed E-state index contributed by atoms with van der Waals surface area (Å²) >= 11 is 0. The number of carbonyl (C=O) groups is 1. The van der Waals surface area contributed by atoms with Gasteiger partial charge in [-0.05, 0) is 30.7 Å². The van der Waals surface area contributed by atoms with Crippen molar-refractivity contribution in [3.63, 3.8) is 0 Å². The summed E-state index contributed by atoms with van der Waals surface area (Å²) < 4.78 is 18.3. The van der Waals surface area contributed by atoms with Crippen LogP contribution in [0.1, 0.15) is 15.9 Å². The number of hydrogen-bond donors (Lipinski definition) is 0. The van der Waals surface area contributed by atoms with Crippen LogP contribution in [-0.4, -0.2) is 17.3 Å². The van der Waals surface area contributed by atoms with Gasteiger partial charge < -0.3 is 4.74 Å². The minimum absolute atomic E-state index is 0.117. The number of ketones is 1. The number of halogens is 1. The average Bonchev–Trinajstić information content (AvgIpc) is 2.45. The molecule has 0 fully saturated rings. The first-order chi connectivity index (χ1) is 9.97. The van der Waals surface area contributed by atoms with Crippen LogP contribution in [0.5, 0.6) is 5.75 Å². The first-order valence-corrected chi connectivity index (χ1v) is 6.14. The number of rotatable bonds is 5. The Morgan fingerprint density at radius 1 is 1.29 bits per heavy atom. The van der Waals surface area contributed by atoms with Crippen molar-refractivity contribution in [3.05, 3.63) is 69.5 Å². The summed E-state index contributed by atoms with van der Waals surface area (Å²) in [6.45, 7) is 1.40. The zero-order chi connectivity index (χ0) is 15.4. The number of ether oxygens (including phenoxy) is 1. The Balaban J connectivity index is 2.11. The molecule has 0 atom stereocenters. The van der Waals surface area contributed by atoms with Crippen molar-refractivity contribution < 1.29 is 18.8 Å². The van der Waals surface area contributed by atoms with E-state index in [1.807, 2.05) is 0 Å². The lowest BCUT2D eigenvalue weighted by atomic mass is 10.1. The summed E-state index contributed by atoms with van der Waals surface area (Å²) in [6.07, 6.45) is 0. The molecule has 0 saturated heterocycles. The molecule has 0 aliphatic heterocycles. The van der Waals surface area contributed by atoms with Crippen molar-refractivity contribution in [2.75, 3.05) is 6.61 Å². The van der Waals surface area contributed by atoms with Crippen molar-refractivity contribution in [3.8, 4) is 5.75 Å². The van der Waals surface area contributed by atoms with E-state index in [-0.39, 0.29) is 23.6 Å². The number of hydrogen-bond acceptors (Lipinski definition) is 4. The van der Waals surface area contributed by atoms with Crippen molar-refractivity contribution in [1.82, 2.24) is 0 Å². The van der Waals surface area contributed by atoms with E-state index in [0.717, 1.165) is 6.07 Å². The van der Waals surface area contributed by atoms with Gasteiger partial charge in [-0.2, -0.15) is 0 Å². The molecule has 2 aromatic carbocycles. The maximum atomic E-state index is 13.0. The third kappa shape index (κ3) is 3.62. The van der Waals surface area contributed by atoms with Crippen LogP contribution in [0.2, 0.25) is 0 Å². The van der Waals surface area contributed by atoms with E-state index in [0.29, 0.717) is 5.56 Å². The predicted molar refractivity (Wildman–Crippen MR) is 74.1 cm³/mol. The standard InChI is InChI=1S/C15H12FNO4/c1-10-5-6-13(17(19)20)8-15(10)21-9-14(18)11-3-2-4-12(16)7-11/h2-8H,9H2,1H3. The van der Waals surface area contributed by atoms with Gasteiger partial charge in [-0.3, -0.25) is 14.9 Å². The highest BCUT2D eigenvalue weighted by atomic mass is 19.1. The van der Waals surface area contributed by atoms with Gasteiger partial charge >= 0.3 is 0 Å². The molecular formula is C15H12FNO4. The third-order valence-corrected chi connectivity index (χ3v) is 2.89. The molecule has 108 valence electrons. The molecule has 2 rings (SSSR count). The fourth-order valence-corrected chi connectivity index (χ4v) is 1.75. The molecule has 0 heterocycles. The summed E-state index contributed by atoms with van der Waals surface area (Å²) in [5.41, 5.74) is 0.750. The van der Waals surface area contributed by atoms with E-state index < -0.39 is 16.5 Å². The first kappa shape index (κ1) is 14.6. The molecule has 0 aliphatic rings. The highest BCUT2D eigenvalue weighted by Gasteiger charge is 2.12. The number of aryl methyl sites for hydroxylation is 1. The van der Waals surface area contributed by atoms with Gasteiger partial charge in [0.15, 0.2) is 12.4 Å². The van der Waals surface area contributed by atoms with Crippen molar-refractivity contribution >= 4 is 11.5 Å². The molecule has 5 nitrogen and oxygen atoms in total. The normalized spacial score (nSPS) is 10.2. The van der Waals surface area contributed by atoms with E-state index >= 15 is 0 Å². The predicted octanol–water partition coefficient (Wildman–Crippen LogP) is 3.30. The molecular weight excluding hydrogens is 277 g/mol. The van der Waals surface area contributed by atoms with Crippen LogP contribution in [0.3, 0.4) is 0 Å². The van der Waals surface area contributed by atoms with Crippen LogP contribution in [0.15, 0.2) is 42.5 Å². The fourth-order valence-electron chi connectivity index (χ4n) is 1.75. The minimum Gasteiger partial charge on any atom is -0.485 e. The van der Waals surface area contributed by atoms with Crippen LogP contribution in [-0.2, 0) is 0 Å². The lowest BCUT2D eigenvalue weighted by Gasteiger charge is -2.08. The largest absolute Gasteiger partial charge is 0.485 e. The van der Waals surface area contributed by atoms with Gasteiger partial charge in [0.05, 0.1) is 11.0 Å². The smallest absolute Gasteiger partial charge is 0.273 e. The first-order valence-electron chi connectivity index (χ1n) is 6.14. The molecule has 0 bridgehead atoms. The topological polar surface area (TPSA) is 69.4 Å². The maximum absolute atomic E-state index is 13.0. The minimum atomic E-state index is -0.541. The summed E-state index contributed by atoms with van der Waals surface area (Å²) in [5, 5.41) is 10.7. The number of nitro benzene ring substituents is 1. The number of Topliss-reactive ketones (excluding diaryl/α,β-unsaturated/α-hetero) is 1. The van der Waals surface area contributed by atoms with Gasteiger partial charge in [0.2, 0.25) is 0 Å². The summed E-state index contributed by atoms with van der Waals surface area (Å²) in [5.74, 6) is -0.651. The van der Waals surface area contributed by atoms with E-state index in [2.05, 4.69) is 0 Å². The Morgan fingerprint density at radius 3 is 2.71 bits per heavy atom. The van der Waals surface area contributed by atoms with Crippen molar-refractivity contribution in [2.45, 2.75) is 6.92 Å². The number of nitrogens with zero attached hydrogens (tertiary/aromatic N) is 1. The van der Waals surface area contributed by atoms with Crippen LogP contribution < -0.4 is 4.74 Å². The Kier molecular flexibility index (Phi) is 4.27. The van der Waals surface area contributed by atoms with E-state index in [1.165, 1.54) is 30.3 Å². The van der Waals surface area contributed by atoms with Crippen LogP contribution in [0.25, 0.3) is 0 Å². The molecule has 0 amide bonds. The molecule has 0 spiro atoms. The molecule has 21 heavy (non-hydrogen) atoms. The van der Waals surface area contributed by atoms with Crippen molar-refractivity contribution in [2.24, 2.45) is 0 Å². The van der Waals surface area contributed by atoms with E-state index in [9.17, 15) is 19.3 Å². The number of non-ortho nitro benzene ring substituents is 1. The zero-order valence-electron chi connectivity index (χ0n) is 11.2. The SMILES string of the molecule is Cc1ccc([N+](=O)[O-])cc1OCC(=O)c1cccc(F)c1. The Labute approximate surface area is 120 Å². The number of benzene rings is 2. The second-order valence-corrected chi connectivity index (χ2v) is 4.43. The van der Waals surface area contributed by atoms with Crippen LogP contribution in [0.4, 0.5) is 10.1 Å². The quantitative estimate of drug-likeness (QED) is 0.481. The summed E-state index contributed by atoms with van der Waals surface area (Å²) in [6, 6.07) is 9.43. The van der Waals surface area contributed by atoms with E-state index in [4.69, 9.17) is 4.74 Å². The highest BCUT2D eigenvalue weighted by molar-refractivity contribution is 5.97. The monoisotopic (exact) mass is 289 g/mol. The second kappa shape index (κ2) is 6.13. The molecule has 0 aliphatic carbocycles. The van der Waals surface area contributed by atoms with Crippen molar-refractivity contribution in [1.29, 1.82) is 0 Å². The van der Waals surface area contributed by atoms with E-state index in [1.54, 1.807) is 13.0 Å². The summed E-state index contributed by atoms with van der Waals surface area (Å²) in [7, 11) is 0. The average molecular weight is 289 g/mol. The Hall–Kier alpha value is -2.76. The van der Waals surface area contributed by atoms with Gasteiger partial charge in [0.25, 0.3) is 5.69 Å². The molecule has 0 aromatic heterocycles. The molecule has 6 heteroatoms. The summed E-state index contributed by atoms with van der Waals surface area (Å²) in [4.78, 5) is 22.0. The van der Waals surface area contributed by atoms with Gasteiger partial charge in [0, 0.05) is 11.6 Å². The fraction of sp³-hybridized carbons (Fsp3) is 0.133. The molecule has 2 aromatic rings. The lowest BCUT2D eigenvalue weighted by molar-refractivity contribution is -0.384. The molecule has 0 saturated carbocycles. The van der Waals surface area contributed by atoms with Gasteiger partial charge in [-0.15, -0.1) is 0 Å². The van der Waals surface area contributed by atoms with Gasteiger partial charge in [-0.1, -0.05) is 12.1 Å². The molecule has 0 unspecified atom stereocenters. The van der Waals surface area contributed by atoms with Gasteiger partial charge in [0.1, 0.15) is 11.6 Å². The van der Waals surface area contributed by atoms with Crippen LogP contribution in [0, 0.1) is 22.9 Å². The Morgan fingerprint density at radius 2 is 2.05 bits per heavy atom. The zero-order valence-corrected chi connectivity index (χ0v) is 11.2. The molecule has 0 radical (unpaired) electrons. The van der Waals surface area contributed by atoms with Gasteiger partial charge in [-0.25, -0.2) is 4.39 Å². The number of carbonyl (C=O) groups excluding carboxylic acids is 1. The van der Waals surface area contributed by atoms with Crippen LogP contribution >= 0.6 is 0 Å².